The molecule has 0 aliphatic carbocycles. The second kappa shape index (κ2) is 9.23. The lowest BCUT2D eigenvalue weighted by Gasteiger charge is -2.19. The third kappa shape index (κ3) is 5.27. The molecule has 0 atom stereocenters. The van der Waals surface area contributed by atoms with Crippen LogP contribution < -0.4 is 14.8 Å². The molecule has 0 aliphatic heterocycles. The molecule has 0 fully saturated rings. The van der Waals surface area contributed by atoms with Crippen molar-refractivity contribution >= 4 is 5.91 Å². The Labute approximate surface area is 127 Å². The lowest BCUT2D eigenvalue weighted by atomic mass is 10.2. The smallest absolute Gasteiger partial charge is 0.260 e. The minimum absolute atomic E-state index is 0.00483. The van der Waals surface area contributed by atoms with E-state index in [9.17, 15) is 4.79 Å². The van der Waals surface area contributed by atoms with Crippen molar-refractivity contribution in [3.63, 3.8) is 0 Å². The summed E-state index contributed by atoms with van der Waals surface area (Å²) in [6.45, 7) is 8.99. The molecule has 0 aliphatic rings. The Morgan fingerprint density at radius 3 is 2.52 bits per heavy atom. The zero-order valence-electron chi connectivity index (χ0n) is 13.4. The summed E-state index contributed by atoms with van der Waals surface area (Å²) in [5.41, 5.74) is 0.989. The van der Waals surface area contributed by atoms with E-state index in [1.54, 1.807) is 12.0 Å². The molecule has 0 unspecified atom stereocenters. The Balaban J connectivity index is 2.74. The molecule has 0 heterocycles. The number of rotatable bonds is 9. The first-order chi connectivity index (χ1) is 10.2. The number of hydrogen-bond donors (Lipinski definition) is 1. The summed E-state index contributed by atoms with van der Waals surface area (Å²) in [5, 5.41) is 3.26. The number of hydrogen-bond acceptors (Lipinski definition) is 4. The third-order valence-electron chi connectivity index (χ3n) is 3.30. The number of benzene rings is 1. The highest BCUT2D eigenvalue weighted by atomic mass is 16.5. The molecular formula is C16H26N2O3. The van der Waals surface area contributed by atoms with Crippen LogP contribution in [0.5, 0.6) is 11.5 Å². The average molecular weight is 294 g/mol. The first-order valence-corrected chi connectivity index (χ1v) is 7.44. The maximum absolute atomic E-state index is 12.0. The minimum Gasteiger partial charge on any atom is -0.497 e. The van der Waals surface area contributed by atoms with Crippen LogP contribution in [0.3, 0.4) is 0 Å². The maximum atomic E-state index is 12.0. The van der Waals surface area contributed by atoms with Gasteiger partial charge in [0, 0.05) is 25.2 Å². The van der Waals surface area contributed by atoms with Gasteiger partial charge in [-0.3, -0.25) is 4.79 Å². The summed E-state index contributed by atoms with van der Waals surface area (Å²) in [4.78, 5) is 13.7. The lowest BCUT2D eigenvalue weighted by Crippen LogP contribution is -2.34. The van der Waals surface area contributed by atoms with Crippen LogP contribution in [0.2, 0.25) is 0 Å². The fourth-order valence-corrected chi connectivity index (χ4v) is 2.03. The highest BCUT2D eigenvalue weighted by molar-refractivity contribution is 5.77. The molecule has 21 heavy (non-hydrogen) atoms. The maximum Gasteiger partial charge on any atom is 0.260 e. The van der Waals surface area contributed by atoms with Gasteiger partial charge in [0.1, 0.15) is 11.5 Å². The van der Waals surface area contributed by atoms with E-state index in [1.807, 2.05) is 39.0 Å². The van der Waals surface area contributed by atoms with Crippen molar-refractivity contribution in [3.8, 4) is 11.5 Å². The van der Waals surface area contributed by atoms with Crippen LogP contribution in [-0.2, 0) is 11.3 Å². The number of methoxy groups -OCH3 is 1. The second-order valence-corrected chi connectivity index (χ2v) is 4.61. The predicted molar refractivity (Wildman–Crippen MR) is 83.8 cm³/mol. The van der Waals surface area contributed by atoms with Crippen LogP contribution in [0.25, 0.3) is 0 Å². The molecule has 1 aromatic carbocycles. The number of nitrogens with zero attached hydrogens (tertiary/aromatic N) is 1. The fraction of sp³-hybridized carbons (Fsp3) is 0.562. The van der Waals surface area contributed by atoms with Gasteiger partial charge in [-0.1, -0.05) is 6.92 Å². The molecule has 5 heteroatoms. The van der Waals surface area contributed by atoms with Crippen molar-refractivity contribution in [2.45, 2.75) is 27.3 Å². The third-order valence-corrected chi connectivity index (χ3v) is 3.30. The second-order valence-electron chi connectivity index (χ2n) is 4.61. The zero-order valence-corrected chi connectivity index (χ0v) is 13.4. The standard InChI is InChI=1S/C16H26N2O3/c1-5-17-11-13-10-14(20-4)8-9-15(13)21-12-16(19)18(6-2)7-3/h8-10,17H,5-7,11-12H2,1-4H3. The van der Waals surface area contributed by atoms with E-state index in [-0.39, 0.29) is 12.5 Å². The Hall–Kier alpha value is -1.75. The van der Waals surface area contributed by atoms with E-state index in [4.69, 9.17) is 9.47 Å². The highest BCUT2D eigenvalue weighted by Gasteiger charge is 2.12. The van der Waals surface area contributed by atoms with E-state index >= 15 is 0 Å². The van der Waals surface area contributed by atoms with Crippen molar-refractivity contribution < 1.29 is 14.3 Å². The quantitative estimate of drug-likeness (QED) is 0.757. The fourth-order valence-electron chi connectivity index (χ4n) is 2.03. The minimum atomic E-state index is 0.00483. The van der Waals surface area contributed by atoms with Gasteiger partial charge < -0.3 is 19.7 Å². The van der Waals surface area contributed by atoms with Gasteiger partial charge in [-0.25, -0.2) is 0 Å². The summed E-state index contributed by atoms with van der Waals surface area (Å²) < 4.78 is 10.9. The van der Waals surface area contributed by atoms with Crippen molar-refractivity contribution in [1.82, 2.24) is 10.2 Å². The number of carbonyl (C=O) groups excluding carboxylic acids is 1. The summed E-state index contributed by atoms with van der Waals surface area (Å²) in [6.07, 6.45) is 0. The molecule has 1 amide bonds. The monoisotopic (exact) mass is 294 g/mol. The summed E-state index contributed by atoms with van der Waals surface area (Å²) in [6, 6.07) is 5.62. The average Bonchev–Trinajstić information content (AvgIpc) is 2.52. The molecule has 0 saturated carbocycles. The van der Waals surface area contributed by atoms with E-state index in [2.05, 4.69) is 5.32 Å². The molecule has 0 radical (unpaired) electrons. The summed E-state index contributed by atoms with van der Waals surface area (Å²) in [5.74, 6) is 1.51. The molecule has 1 aromatic rings. The molecule has 118 valence electrons. The number of likely N-dealkylation sites (N-methyl/N-ethyl adjacent to an activating group) is 1. The Morgan fingerprint density at radius 1 is 1.24 bits per heavy atom. The molecule has 0 spiro atoms. The van der Waals surface area contributed by atoms with Crippen LogP contribution >= 0.6 is 0 Å². The van der Waals surface area contributed by atoms with E-state index in [1.165, 1.54) is 0 Å². The molecule has 0 aromatic heterocycles. The van der Waals surface area contributed by atoms with E-state index < -0.39 is 0 Å². The molecule has 0 saturated heterocycles. The van der Waals surface area contributed by atoms with Crippen LogP contribution in [0.1, 0.15) is 26.3 Å². The van der Waals surface area contributed by atoms with Crippen LogP contribution in [0, 0.1) is 0 Å². The Kier molecular flexibility index (Phi) is 7.61. The van der Waals surface area contributed by atoms with Gasteiger partial charge in [-0.2, -0.15) is 0 Å². The van der Waals surface area contributed by atoms with Crippen LogP contribution in [0.15, 0.2) is 18.2 Å². The predicted octanol–water partition coefficient (Wildman–Crippen LogP) is 2.05. The highest BCUT2D eigenvalue weighted by Crippen LogP contribution is 2.24. The van der Waals surface area contributed by atoms with E-state index in [0.717, 1.165) is 23.6 Å². The van der Waals surface area contributed by atoms with E-state index in [0.29, 0.717) is 19.6 Å². The Morgan fingerprint density at radius 2 is 1.95 bits per heavy atom. The van der Waals surface area contributed by atoms with Crippen LogP contribution in [0.4, 0.5) is 0 Å². The van der Waals surface area contributed by atoms with Crippen molar-refractivity contribution in [1.29, 1.82) is 0 Å². The van der Waals surface area contributed by atoms with Gasteiger partial charge in [-0.05, 0) is 38.6 Å². The van der Waals surface area contributed by atoms with Gasteiger partial charge >= 0.3 is 0 Å². The molecule has 0 bridgehead atoms. The molecule has 1 rings (SSSR count). The van der Waals surface area contributed by atoms with Gasteiger partial charge in [-0.15, -0.1) is 0 Å². The topological polar surface area (TPSA) is 50.8 Å². The summed E-state index contributed by atoms with van der Waals surface area (Å²) >= 11 is 0. The normalized spacial score (nSPS) is 10.3. The van der Waals surface area contributed by atoms with Gasteiger partial charge in [0.15, 0.2) is 6.61 Å². The van der Waals surface area contributed by atoms with Gasteiger partial charge in [0.2, 0.25) is 0 Å². The SMILES string of the molecule is CCNCc1cc(OC)ccc1OCC(=O)N(CC)CC. The molecule has 5 nitrogen and oxygen atoms in total. The van der Waals surface area contributed by atoms with Crippen LogP contribution in [-0.4, -0.2) is 44.2 Å². The summed E-state index contributed by atoms with van der Waals surface area (Å²) in [7, 11) is 1.64. The lowest BCUT2D eigenvalue weighted by molar-refractivity contribution is -0.132. The van der Waals surface area contributed by atoms with Gasteiger partial charge in [0.05, 0.1) is 7.11 Å². The first kappa shape index (κ1) is 17.3. The molecule has 1 N–H and O–H groups in total. The number of ether oxygens (including phenoxy) is 2. The van der Waals surface area contributed by atoms with Gasteiger partial charge in [0.25, 0.3) is 5.91 Å². The number of nitrogens with one attached hydrogen (secondary N) is 1. The molecular weight excluding hydrogens is 268 g/mol. The van der Waals surface area contributed by atoms with Crippen molar-refractivity contribution in [2.24, 2.45) is 0 Å². The zero-order chi connectivity index (χ0) is 15.7. The first-order valence-electron chi connectivity index (χ1n) is 7.44. The number of carbonyl (C=O) groups is 1. The number of amides is 1. The van der Waals surface area contributed by atoms with Crippen molar-refractivity contribution in [2.75, 3.05) is 33.4 Å². The van der Waals surface area contributed by atoms with Crippen molar-refractivity contribution in [3.05, 3.63) is 23.8 Å². The Bertz CT molecular complexity index is 445. The largest absolute Gasteiger partial charge is 0.497 e.